The number of nitrogens with zero attached hydrogens (tertiary/aromatic N) is 1. The van der Waals surface area contributed by atoms with Gasteiger partial charge in [0.25, 0.3) is 5.69 Å². The Bertz CT molecular complexity index is 856. The number of halogens is 2. The molecule has 0 radical (unpaired) electrons. The normalized spacial score (nSPS) is 10.5. The van der Waals surface area contributed by atoms with E-state index in [1.54, 1.807) is 0 Å². The van der Waals surface area contributed by atoms with Crippen LogP contribution in [0, 0.1) is 15.9 Å². The fraction of sp³-hybridized carbons (Fsp3) is 0. The van der Waals surface area contributed by atoms with Gasteiger partial charge in [0.15, 0.2) is 5.11 Å². The number of thiocarbonyl (C=S) groups is 1. The number of hydrogen-bond donors (Lipinski definition) is 2. The molecule has 25 heavy (non-hydrogen) atoms. The smallest absolute Gasteiger partial charge is 0.271 e. The highest BCUT2D eigenvalue weighted by Crippen LogP contribution is 2.26. The maximum atomic E-state index is 12.8. The molecule has 2 aromatic rings. The van der Waals surface area contributed by atoms with Gasteiger partial charge in [-0.3, -0.25) is 20.2 Å². The molecule has 0 saturated heterocycles. The Balaban J connectivity index is 1.94. The van der Waals surface area contributed by atoms with Crippen LogP contribution in [0.25, 0.3) is 6.08 Å². The quantitative estimate of drug-likeness (QED) is 0.364. The fourth-order valence-electron chi connectivity index (χ4n) is 1.77. The number of carbonyl (C=O) groups excluding carboxylic acids is 1. The van der Waals surface area contributed by atoms with Crippen LogP contribution in [-0.4, -0.2) is 15.9 Å². The van der Waals surface area contributed by atoms with Crippen molar-refractivity contribution in [1.29, 1.82) is 0 Å². The highest BCUT2D eigenvalue weighted by atomic mass is 35.5. The van der Waals surface area contributed by atoms with Gasteiger partial charge in [0, 0.05) is 18.2 Å². The second kappa shape index (κ2) is 8.32. The number of nitro benzene ring substituents is 1. The predicted octanol–water partition coefficient (Wildman–Crippen LogP) is 3.91. The minimum atomic E-state index is -0.573. The average Bonchev–Trinajstić information content (AvgIpc) is 2.56. The highest BCUT2D eigenvalue weighted by molar-refractivity contribution is 7.80. The van der Waals surface area contributed by atoms with Gasteiger partial charge in [-0.05, 0) is 42.1 Å². The van der Waals surface area contributed by atoms with E-state index in [0.29, 0.717) is 11.3 Å². The highest BCUT2D eigenvalue weighted by Gasteiger charge is 2.10. The first kappa shape index (κ1) is 18.5. The molecule has 6 nitrogen and oxygen atoms in total. The molecule has 0 aliphatic carbocycles. The van der Waals surface area contributed by atoms with Crippen LogP contribution < -0.4 is 10.6 Å². The van der Waals surface area contributed by atoms with Gasteiger partial charge in [0.05, 0.1) is 15.6 Å². The number of amides is 1. The van der Waals surface area contributed by atoms with Gasteiger partial charge < -0.3 is 5.32 Å². The van der Waals surface area contributed by atoms with E-state index in [9.17, 15) is 19.3 Å². The molecule has 0 unspecified atom stereocenters. The largest absolute Gasteiger partial charge is 0.331 e. The topological polar surface area (TPSA) is 84.3 Å². The lowest BCUT2D eigenvalue weighted by Gasteiger charge is -2.09. The van der Waals surface area contributed by atoms with Gasteiger partial charge in [-0.15, -0.1) is 0 Å². The van der Waals surface area contributed by atoms with Gasteiger partial charge in [-0.2, -0.15) is 0 Å². The molecule has 2 rings (SSSR count). The van der Waals surface area contributed by atoms with Crippen LogP contribution in [0.3, 0.4) is 0 Å². The molecule has 1 amide bonds. The number of hydrogen-bond acceptors (Lipinski definition) is 4. The minimum Gasteiger partial charge on any atom is -0.331 e. The lowest BCUT2D eigenvalue weighted by Crippen LogP contribution is -2.32. The van der Waals surface area contributed by atoms with Crippen LogP contribution in [0.5, 0.6) is 0 Å². The second-order valence-corrected chi connectivity index (χ2v) is 5.56. The molecule has 0 aliphatic rings. The van der Waals surface area contributed by atoms with Gasteiger partial charge >= 0.3 is 0 Å². The SMILES string of the molecule is O=C(/C=C/c1ccc(F)cc1)NC(=S)Nc1ccc([N+](=O)[O-])cc1Cl. The van der Waals surface area contributed by atoms with E-state index in [0.717, 1.165) is 0 Å². The molecule has 0 heterocycles. The summed E-state index contributed by atoms with van der Waals surface area (Å²) < 4.78 is 12.8. The fourth-order valence-corrected chi connectivity index (χ4v) is 2.20. The molecule has 0 aromatic heterocycles. The number of nitrogens with one attached hydrogen (secondary N) is 2. The van der Waals surface area contributed by atoms with Crippen LogP contribution in [0.15, 0.2) is 48.5 Å². The number of non-ortho nitro benzene ring substituents is 1. The summed E-state index contributed by atoms with van der Waals surface area (Å²) in [6, 6.07) is 9.41. The lowest BCUT2D eigenvalue weighted by molar-refractivity contribution is -0.384. The zero-order valence-corrected chi connectivity index (χ0v) is 14.1. The Hall–Kier alpha value is -2.84. The van der Waals surface area contributed by atoms with Gasteiger partial charge in [0.2, 0.25) is 5.91 Å². The maximum absolute atomic E-state index is 12.8. The van der Waals surface area contributed by atoms with Crippen molar-refractivity contribution in [2.24, 2.45) is 0 Å². The van der Waals surface area contributed by atoms with Gasteiger partial charge in [0.1, 0.15) is 5.82 Å². The Morgan fingerprint density at radius 3 is 2.52 bits per heavy atom. The van der Waals surface area contributed by atoms with Crippen LogP contribution in [0.4, 0.5) is 15.8 Å². The summed E-state index contributed by atoms with van der Waals surface area (Å²) in [6.45, 7) is 0. The molecule has 0 spiro atoms. The Kier molecular flexibility index (Phi) is 6.15. The van der Waals surface area contributed by atoms with Crippen molar-refractivity contribution in [3.8, 4) is 0 Å². The van der Waals surface area contributed by atoms with Crippen molar-refractivity contribution in [2.75, 3.05) is 5.32 Å². The summed E-state index contributed by atoms with van der Waals surface area (Å²) >= 11 is 10.9. The first-order valence-electron chi connectivity index (χ1n) is 6.85. The number of anilines is 1. The van der Waals surface area contributed by atoms with Crippen LogP contribution in [-0.2, 0) is 4.79 Å². The Labute approximate surface area is 152 Å². The molecule has 0 fully saturated rings. The molecular formula is C16H11ClFN3O3S. The molecule has 128 valence electrons. The van der Waals surface area contributed by atoms with Gasteiger partial charge in [-0.25, -0.2) is 4.39 Å². The zero-order valence-electron chi connectivity index (χ0n) is 12.5. The van der Waals surface area contributed by atoms with E-state index in [4.69, 9.17) is 23.8 Å². The molecule has 0 aliphatic heterocycles. The van der Waals surface area contributed by atoms with Crippen LogP contribution in [0.2, 0.25) is 5.02 Å². The van der Waals surface area contributed by atoms with E-state index in [1.165, 1.54) is 54.6 Å². The summed E-state index contributed by atoms with van der Waals surface area (Å²) in [7, 11) is 0. The van der Waals surface area contributed by atoms with Crippen molar-refractivity contribution in [3.05, 3.63) is 75.1 Å². The first-order valence-corrected chi connectivity index (χ1v) is 7.63. The molecule has 0 atom stereocenters. The maximum Gasteiger partial charge on any atom is 0.271 e. The van der Waals surface area contributed by atoms with Crippen LogP contribution in [0.1, 0.15) is 5.56 Å². The molecular weight excluding hydrogens is 369 g/mol. The van der Waals surface area contributed by atoms with E-state index in [1.807, 2.05) is 0 Å². The van der Waals surface area contributed by atoms with E-state index in [-0.39, 0.29) is 21.6 Å². The molecule has 9 heteroatoms. The van der Waals surface area contributed by atoms with Crippen molar-refractivity contribution in [2.45, 2.75) is 0 Å². The van der Waals surface area contributed by atoms with Crippen LogP contribution >= 0.6 is 23.8 Å². The standard InChI is InChI=1S/C16H11ClFN3O3S/c17-13-9-12(21(23)24)6-7-14(13)19-16(25)20-15(22)8-3-10-1-4-11(18)5-2-10/h1-9H,(H2,19,20,22,25)/b8-3+. The van der Waals surface area contributed by atoms with Gasteiger partial charge in [-0.1, -0.05) is 23.7 Å². The average molecular weight is 380 g/mol. The van der Waals surface area contributed by atoms with Crippen molar-refractivity contribution in [3.63, 3.8) is 0 Å². The predicted molar refractivity (Wildman–Crippen MR) is 97.9 cm³/mol. The van der Waals surface area contributed by atoms with Crippen molar-refractivity contribution in [1.82, 2.24) is 5.32 Å². The molecule has 0 bridgehead atoms. The molecule has 2 aromatic carbocycles. The minimum absolute atomic E-state index is 0.0236. The monoisotopic (exact) mass is 379 g/mol. The number of rotatable bonds is 4. The molecule has 0 saturated carbocycles. The Morgan fingerprint density at radius 1 is 1.24 bits per heavy atom. The number of nitro groups is 1. The molecule has 2 N–H and O–H groups in total. The third-order valence-electron chi connectivity index (χ3n) is 2.95. The summed E-state index contributed by atoms with van der Waals surface area (Å²) in [4.78, 5) is 21.9. The second-order valence-electron chi connectivity index (χ2n) is 4.75. The summed E-state index contributed by atoms with van der Waals surface area (Å²) in [5, 5.41) is 15.8. The number of benzene rings is 2. The van der Waals surface area contributed by atoms with E-state index in [2.05, 4.69) is 10.6 Å². The summed E-state index contributed by atoms with van der Waals surface area (Å²) in [5.41, 5.74) is 0.807. The number of carbonyl (C=O) groups is 1. The summed E-state index contributed by atoms with van der Waals surface area (Å²) in [6.07, 6.45) is 2.73. The van der Waals surface area contributed by atoms with Crippen molar-refractivity contribution < 1.29 is 14.1 Å². The summed E-state index contributed by atoms with van der Waals surface area (Å²) in [5.74, 6) is -0.869. The third kappa shape index (κ3) is 5.63. The zero-order chi connectivity index (χ0) is 18.4. The first-order chi connectivity index (χ1) is 11.8. The van der Waals surface area contributed by atoms with Crippen molar-refractivity contribution >= 4 is 52.3 Å². The third-order valence-corrected chi connectivity index (χ3v) is 3.46. The van der Waals surface area contributed by atoms with E-state index >= 15 is 0 Å². The lowest BCUT2D eigenvalue weighted by atomic mass is 10.2. The Morgan fingerprint density at radius 2 is 1.92 bits per heavy atom. The van der Waals surface area contributed by atoms with E-state index < -0.39 is 10.8 Å².